The highest BCUT2D eigenvalue weighted by atomic mass is 32.2. The molecular weight excluding hydrogens is 366 g/mol. The van der Waals surface area contributed by atoms with Crippen molar-refractivity contribution in [2.75, 3.05) is 6.54 Å². The van der Waals surface area contributed by atoms with Crippen LogP contribution in [0.2, 0.25) is 0 Å². The third-order valence-corrected chi connectivity index (χ3v) is 5.13. The van der Waals surface area contributed by atoms with Gasteiger partial charge in [0.15, 0.2) is 5.76 Å². The molecule has 0 aliphatic heterocycles. The molecule has 0 atom stereocenters. The Morgan fingerprint density at radius 1 is 1.00 bits per heavy atom. The quantitative estimate of drug-likeness (QED) is 0.619. The van der Waals surface area contributed by atoms with Crippen molar-refractivity contribution in [2.24, 2.45) is 0 Å². The summed E-state index contributed by atoms with van der Waals surface area (Å²) in [6, 6.07) is 15.7. The molecule has 0 spiro atoms. The lowest BCUT2D eigenvalue weighted by molar-refractivity contribution is 0.0917. The molecule has 2 N–H and O–H groups in total. The van der Waals surface area contributed by atoms with Crippen LogP contribution in [0.15, 0.2) is 76.5 Å². The number of nitrogens with one attached hydrogen (secondary N) is 2. The Labute approximate surface area is 157 Å². The third-order valence-electron chi connectivity index (χ3n) is 3.79. The maximum Gasteiger partial charge on any atom is 0.287 e. The molecule has 2 aromatic heterocycles. The molecule has 140 valence electrons. The number of amides is 1. The number of furan rings is 1. The summed E-state index contributed by atoms with van der Waals surface area (Å²) in [7, 11) is -3.82. The van der Waals surface area contributed by atoms with Crippen LogP contribution in [0, 0.1) is 0 Å². The Kier molecular flexibility index (Phi) is 6.00. The van der Waals surface area contributed by atoms with Crippen molar-refractivity contribution in [3.05, 3.63) is 83.9 Å². The second-order valence-electron chi connectivity index (χ2n) is 5.80. The van der Waals surface area contributed by atoms with Gasteiger partial charge in [0.25, 0.3) is 15.9 Å². The van der Waals surface area contributed by atoms with Crippen LogP contribution in [0.25, 0.3) is 0 Å². The first-order chi connectivity index (χ1) is 13.0. The highest BCUT2D eigenvalue weighted by Gasteiger charge is 2.20. The number of carbonyl (C=O) groups is 1. The van der Waals surface area contributed by atoms with E-state index in [1.54, 1.807) is 18.5 Å². The number of rotatable bonds is 8. The minimum atomic E-state index is -3.82. The number of hydrogen-bond acceptors (Lipinski definition) is 5. The Hall–Kier alpha value is -2.97. The highest BCUT2D eigenvalue weighted by molar-refractivity contribution is 7.89. The molecule has 3 rings (SSSR count). The third kappa shape index (κ3) is 5.25. The lowest BCUT2D eigenvalue weighted by atomic mass is 10.2. The molecule has 8 heteroatoms. The largest absolute Gasteiger partial charge is 0.438 e. The van der Waals surface area contributed by atoms with E-state index in [0.29, 0.717) is 6.42 Å². The van der Waals surface area contributed by atoms with E-state index < -0.39 is 15.9 Å². The molecule has 0 aliphatic carbocycles. The second kappa shape index (κ2) is 8.61. The molecular formula is C19H19N3O4S. The van der Waals surface area contributed by atoms with Crippen molar-refractivity contribution >= 4 is 15.9 Å². The summed E-state index contributed by atoms with van der Waals surface area (Å²) in [5.74, 6) is -0.563. The van der Waals surface area contributed by atoms with Gasteiger partial charge in [-0.3, -0.25) is 9.78 Å². The molecule has 0 fully saturated rings. The fourth-order valence-corrected chi connectivity index (χ4v) is 3.36. The Bertz CT molecular complexity index is 986. The first kappa shape index (κ1) is 18.8. The predicted octanol–water partition coefficient (Wildman–Crippen LogP) is 2.13. The van der Waals surface area contributed by atoms with Crippen LogP contribution in [0.1, 0.15) is 21.7 Å². The number of carbonyl (C=O) groups excluding carboxylic acids is 1. The van der Waals surface area contributed by atoms with Crippen molar-refractivity contribution in [3.8, 4) is 0 Å². The molecule has 1 amide bonds. The Morgan fingerprint density at radius 3 is 2.52 bits per heavy atom. The first-order valence-electron chi connectivity index (χ1n) is 8.35. The van der Waals surface area contributed by atoms with Crippen LogP contribution in [-0.2, 0) is 23.0 Å². The van der Waals surface area contributed by atoms with Gasteiger partial charge in [-0.25, -0.2) is 13.1 Å². The minimum Gasteiger partial charge on any atom is -0.438 e. The van der Waals surface area contributed by atoms with Crippen LogP contribution in [0.4, 0.5) is 0 Å². The fraction of sp³-hybridized carbons (Fsp3) is 0.158. The number of aromatic nitrogens is 1. The van der Waals surface area contributed by atoms with Gasteiger partial charge < -0.3 is 9.73 Å². The second-order valence-corrected chi connectivity index (χ2v) is 7.49. The molecule has 0 unspecified atom stereocenters. The average molecular weight is 385 g/mol. The number of hydrogen-bond donors (Lipinski definition) is 2. The van der Waals surface area contributed by atoms with Crippen LogP contribution < -0.4 is 10.0 Å². The molecule has 0 bridgehead atoms. The molecule has 0 saturated heterocycles. The van der Waals surface area contributed by atoms with Gasteiger partial charge in [-0.2, -0.15) is 0 Å². The molecule has 0 radical (unpaired) electrons. The summed E-state index contributed by atoms with van der Waals surface area (Å²) in [6.07, 6.45) is 3.83. The normalized spacial score (nSPS) is 11.3. The van der Waals surface area contributed by atoms with E-state index in [4.69, 9.17) is 4.42 Å². The molecule has 7 nitrogen and oxygen atoms in total. The topological polar surface area (TPSA) is 101 Å². The fourth-order valence-electron chi connectivity index (χ4n) is 2.40. The summed E-state index contributed by atoms with van der Waals surface area (Å²) < 4.78 is 32.3. The summed E-state index contributed by atoms with van der Waals surface area (Å²) in [5, 5.41) is 2.37. The number of sulfonamides is 1. The van der Waals surface area contributed by atoms with Crippen LogP contribution in [0.3, 0.4) is 0 Å². The van der Waals surface area contributed by atoms with Gasteiger partial charge >= 0.3 is 0 Å². The molecule has 0 aliphatic rings. The zero-order valence-corrected chi connectivity index (χ0v) is 15.3. The van der Waals surface area contributed by atoms with E-state index in [1.807, 2.05) is 36.4 Å². The Balaban J connectivity index is 1.56. The van der Waals surface area contributed by atoms with Crippen LogP contribution in [-0.4, -0.2) is 25.9 Å². The lowest BCUT2D eigenvalue weighted by Crippen LogP contribution is -2.26. The smallest absolute Gasteiger partial charge is 0.287 e. The van der Waals surface area contributed by atoms with Crippen molar-refractivity contribution in [1.82, 2.24) is 15.0 Å². The monoisotopic (exact) mass is 385 g/mol. The molecule has 3 aromatic rings. The number of nitrogens with zero attached hydrogens (tertiary/aromatic N) is 1. The van der Waals surface area contributed by atoms with Gasteiger partial charge in [-0.05, 0) is 35.7 Å². The van der Waals surface area contributed by atoms with E-state index >= 15 is 0 Å². The van der Waals surface area contributed by atoms with Gasteiger partial charge in [0.2, 0.25) is 5.09 Å². The van der Waals surface area contributed by atoms with Crippen molar-refractivity contribution < 1.29 is 17.6 Å². The van der Waals surface area contributed by atoms with Crippen LogP contribution >= 0.6 is 0 Å². The van der Waals surface area contributed by atoms with Crippen molar-refractivity contribution in [3.63, 3.8) is 0 Å². The van der Waals surface area contributed by atoms with Gasteiger partial charge in [-0.15, -0.1) is 0 Å². The molecule has 27 heavy (non-hydrogen) atoms. The maximum absolute atomic E-state index is 12.3. The summed E-state index contributed by atoms with van der Waals surface area (Å²) in [4.78, 5) is 16.1. The zero-order valence-electron chi connectivity index (χ0n) is 14.5. The summed E-state index contributed by atoms with van der Waals surface area (Å²) in [5.41, 5.74) is 1.85. The summed E-state index contributed by atoms with van der Waals surface area (Å²) >= 11 is 0. The molecule has 0 saturated carbocycles. The molecule has 2 heterocycles. The SMILES string of the molecule is O=C(NCc1cccnc1)c1ccc(S(=O)(=O)NCCc2ccccc2)o1. The van der Waals surface area contributed by atoms with E-state index in [9.17, 15) is 13.2 Å². The standard InChI is InChI=1S/C19H19N3O4S/c23-19(21-14-16-7-4-11-20-13-16)17-8-9-18(26-17)27(24,25)22-12-10-15-5-2-1-3-6-15/h1-9,11,13,22H,10,12,14H2,(H,21,23). The average Bonchev–Trinajstić information content (AvgIpc) is 3.19. The van der Waals surface area contributed by atoms with Gasteiger partial charge in [0.1, 0.15) is 0 Å². The van der Waals surface area contributed by atoms with Gasteiger partial charge in [-0.1, -0.05) is 36.4 Å². The highest BCUT2D eigenvalue weighted by Crippen LogP contribution is 2.14. The van der Waals surface area contributed by atoms with E-state index in [2.05, 4.69) is 15.0 Å². The number of benzene rings is 1. The maximum atomic E-state index is 12.3. The van der Waals surface area contributed by atoms with E-state index in [-0.39, 0.29) is 23.9 Å². The summed E-state index contributed by atoms with van der Waals surface area (Å²) in [6.45, 7) is 0.500. The first-order valence-corrected chi connectivity index (χ1v) is 9.83. The minimum absolute atomic E-state index is 0.0673. The van der Waals surface area contributed by atoms with Gasteiger partial charge in [0, 0.05) is 25.5 Å². The van der Waals surface area contributed by atoms with Gasteiger partial charge in [0.05, 0.1) is 0 Å². The predicted molar refractivity (Wildman–Crippen MR) is 99.4 cm³/mol. The lowest BCUT2D eigenvalue weighted by Gasteiger charge is -2.05. The van der Waals surface area contributed by atoms with Crippen LogP contribution in [0.5, 0.6) is 0 Å². The molecule has 1 aromatic carbocycles. The number of pyridine rings is 1. The van der Waals surface area contributed by atoms with Crippen molar-refractivity contribution in [1.29, 1.82) is 0 Å². The van der Waals surface area contributed by atoms with E-state index in [0.717, 1.165) is 11.1 Å². The Morgan fingerprint density at radius 2 is 1.78 bits per heavy atom. The van der Waals surface area contributed by atoms with E-state index in [1.165, 1.54) is 12.1 Å². The van der Waals surface area contributed by atoms with Crippen molar-refractivity contribution in [2.45, 2.75) is 18.1 Å². The zero-order chi connectivity index (χ0) is 19.1.